The molecule has 1 aliphatic heterocycles. The van der Waals surface area contributed by atoms with Gasteiger partial charge >= 0.3 is 5.97 Å². The lowest BCUT2D eigenvalue weighted by Crippen LogP contribution is -1.99. The molecule has 4 heteroatoms. The number of nitrogens with zero attached hydrogens (tertiary/aromatic N) is 1. The third-order valence-electron chi connectivity index (χ3n) is 1.55. The predicted octanol–water partition coefficient (Wildman–Crippen LogP) is 2.06. The fraction of sp³-hybridized carbons (Fsp3) is 0.111. The molecule has 3 nitrogen and oxygen atoms in total. The molecule has 0 bridgehead atoms. The average molecular weight is 193 g/mol. The van der Waals surface area contributed by atoms with E-state index in [1.54, 1.807) is 24.3 Å². The van der Waals surface area contributed by atoms with Crippen LogP contribution in [0.3, 0.4) is 0 Å². The van der Waals surface area contributed by atoms with Crippen LogP contribution in [0.25, 0.3) is 6.08 Å². The molecule has 0 aromatic carbocycles. The lowest BCUT2D eigenvalue weighted by Gasteiger charge is -1.88. The van der Waals surface area contributed by atoms with Crippen molar-refractivity contribution in [1.82, 2.24) is 0 Å². The van der Waals surface area contributed by atoms with Gasteiger partial charge in [0.05, 0.1) is 0 Å². The van der Waals surface area contributed by atoms with E-state index >= 15 is 0 Å². The first-order valence-electron chi connectivity index (χ1n) is 3.78. The molecule has 0 atom stereocenters. The van der Waals surface area contributed by atoms with Crippen LogP contribution >= 0.6 is 11.3 Å². The van der Waals surface area contributed by atoms with Crippen molar-refractivity contribution in [3.63, 3.8) is 0 Å². The summed E-state index contributed by atoms with van der Waals surface area (Å²) in [6.45, 7) is 1.66. The molecule has 0 fully saturated rings. The van der Waals surface area contributed by atoms with Crippen LogP contribution in [0.1, 0.15) is 11.8 Å². The highest BCUT2D eigenvalue weighted by Crippen LogP contribution is 2.18. The van der Waals surface area contributed by atoms with Crippen LogP contribution in [0.4, 0.5) is 0 Å². The first-order chi connectivity index (χ1) is 6.25. The Morgan fingerprint density at radius 3 is 3.00 bits per heavy atom. The van der Waals surface area contributed by atoms with E-state index in [4.69, 9.17) is 4.74 Å². The number of hydrogen-bond donors (Lipinski definition) is 0. The van der Waals surface area contributed by atoms with Crippen LogP contribution in [0.5, 0.6) is 0 Å². The second kappa shape index (κ2) is 3.14. The number of carbonyl (C=O) groups excluding carboxylic acids is 1. The smallest absolute Gasteiger partial charge is 0.363 e. The first-order valence-corrected chi connectivity index (χ1v) is 4.66. The molecule has 0 aliphatic carbocycles. The minimum Gasteiger partial charge on any atom is -0.407 e. The van der Waals surface area contributed by atoms with Crippen LogP contribution in [0.15, 0.2) is 28.2 Å². The van der Waals surface area contributed by atoms with Gasteiger partial charge in [-0.05, 0) is 17.5 Å². The van der Waals surface area contributed by atoms with Crippen molar-refractivity contribution in [2.45, 2.75) is 6.92 Å². The Bertz CT molecular complexity index is 390. The third kappa shape index (κ3) is 1.67. The molecule has 2 heterocycles. The highest BCUT2D eigenvalue weighted by atomic mass is 32.1. The second-order valence-electron chi connectivity index (χ2n) is 2.57. The summed E-state index contributed by atoms with van der Waals surface area (Å²) in [5.41, 5.74) is 0.375. The normalized spacial score (nSPS) is 19.0. The summed E-state index contributed by atoms with van der Waals surface area (Å²) < 4.78 is 4.77. The number of esters is 1. The van der Waals surface area contributed by atoms with E-state index in [9.17, 15) is 4.79 Å². The van der Waals surface area contributed by atoms with Gasteiger partial charge in [-0.2, -0.15) is 0 Å². The molecule has 2 rings (SSSR count). The van der Waals surface area contributed by atoms with E-state index in [-0.39, 0.29) is 5.97 Å². The van der Waals surface area contributed by atoms with Gasteiger partial charge in [-0.1, -0.05) is 6.07 Å². The van der Waals surface area contributed by atoms with Crippen LogP contribution in [0.2, 0.25) is 0 Å². The minimum absolute atomic E-state index is 0.370. The van der Waals surface area contributed by atoms with E-state index in [1.807, 2.05) is 17.5 Å². The number of rotatable bonds is 1. The quantitative estimate of drug-likeness (QED) is 0.506. The number of cyclic esters (lactones) is 1. The zero-order valence-corrected chi connectivity index (χ0v) is 7.80. The minimum atomic E-state index is -0.370. The zero-order valence-electron chi connectivity index (χ0n) is 6.98. The van der Waals surface area contributed by atoms with Crippen molar-refractivity contribution >= 4 is 29.3 Å². The van der Waals surface area contributed by atoms with Gasteiger partial charge in [-0.25, -0.2) is 9.79 Å². The van der Waals surface area contributed by atoms with Gasteiger partial charge in [0.25, 0.3) is 0 Å². The fourth-order valence-electron chi connectivity index (χ4n) is 1.02. The maximum Gasteiger partial charge on any atom is 0.363 e. The molecule has 13 heavy (non-hydrogen) atoms. The highest BCUT2D eigenvalue weighted by molar-refractivity contribution is 7.10. The van der Waals surface area contributed by atoms with Gasteiger partial charge < -0.3 is 4.74 Å². The van der Waals surface area contributed by atoms with Gasteiger partial charge in [0.2, 0.25) is 0 Å². The number of aliphatic imine (C=N–C) groups is 1. The highest BCUT2D eigenvalue weighted by Gasteiger charge is 2.19. The van der Waals surface area contributed by atoms with E-state index in [1.165, 1.54) is 0 Å². The average Bonchev–Trinajstić information content (AvgIpc) is 2.63. The molecule has 0 radical (unpaired) electrons. The maximum absolute atomic E-state index is 11.1. The summed E-state index contributed by atoms with van der Waals surface area (Å²) in [4.78, 5) is 16.1. The van der Waals surface area contributed by atoms with E-state index < -0.39 is 0 Å². The summed E-state index contributed by atoms with van der Waals surface area (Å²) >= 11 is 1.56. The third-order valence-corrected chi connectivity index (χ3v) is 2.37. The summed E-state index contributed by atoms with van der Waals surface area (Å²) in [5, 5.41) is 1.95. The number of hydrogen-bond acceptors (Lipinski definition) is 4. The van der Waals surface area contributed by atoms with Crippen molar-refractivity contribution in [3.8, 4) is 0 Å². The maximum atomic E-state index is 11.1. The van der Waals surface area contributed by atoms with Gasteiger partial charge in [-0.3, -0.25) is 0 Å². The monoisotopic (exact) mass is 193 g/mol. The molecule has 1 aliphatic rings. The Morgan fingerprint density at radius 1 is 1.62 bits per heavy atom. The second-order valence-corrected chi connectivity index (χ2v) is 3.54. The molecule has 66 valence electrons. The molecule has 1 aromatic heterocycles. The number of thiophene rings is 1. The van der Waals surface area contributed by atoms with E-state index in [2.05, 4.69) is 4.99 Å². The summed E-state index contributed by atoms with van der Waals surface area (Å²) in [7, 11) is 0. The lowest BCUT2D eigenvalue weighted by atomic mass is 10.3. The fourth-order valence-corrected chi connectivity index (χ4v) is 1.67. The van der Waals surface area contributed by atoms with E-state index in [0.717, 1.165) is 4.88 Å². The van der Waals surface area contributed by atoms with Crippen LogP contribution in [-0.2, 0) is 9.53 Å². The van der Waals surface area contributed by atoms with E-state index in [0.29, 0.717) is 11.6 Å². The molecule has 0 amide bonds. The Balaban J connectivity index is 2.31. The van der Waals surface area contributed by atoms with Crippen molar-refractivity contribution in [2.75, 3.05) is 0 Å². The van der Waals surface area contributed by atoms with Crippen LogP contribution in [-0.4, -0.2) is 11.9 Å². The summed E-state index contributed by atoms with van der Waals surface area (Å²) in [6, 6.07) is 3.85. The summed E-state index contributed by atoms with van der Waals surface area (Å²) in [5.74, 6) is 0.0405. The Morgan fingerprint density at radius 2 is 2.46 bits per heavy atom. The topological polar surface area (TPSA) is 38.7 Å². The lowest BCUT2D eigenvalue weighted by molar-refractivity contribution is -0.130. The molecule has 0 unspecified atom stereocenters. The zero-order chi connectivity index (χ0) is 9.26. The van der Waals surface area contributed by atoms with Crippen LogP contribution in [0, 0.1) is 0 Å². The molecule has 0 spiro atoms. The first kappa shape index (κ1) is 8.19. The Kier molecular flexibility index (Phi) is 1.98. The van der Waals surface area contributed by atoms with Crippen molar-refractivity contribution < 1.29 is 9.53 Å². The molecule has 0 N–H and O–H groups in total. The van der Waals surface area contributed by atoms with Gasteiger partial charge in [0, 0.05) is 11.8 Å². The molecule has 1 aromatic rings. The Labute approximate surface area is 79.4 Å². The van der Waals surface area contributed by atoms with Gasteiger partial charge in [0.15, 0.2) is 11.6 Å². The molecule has 0 saturated carbocycles. The molecular weight excluding hydrogens is 186 g/mol. The van der Waals surface area contributed by atoms with Crippen LogP contribution < -0.4 is 0 Å². The molecular formula is C9H7NO2S. The predicted molar refractivity (Wildman–Crippen MR) is 51.5 cm³/mol. The SMILES string of the molecule is CC1=NC(=Cc2cccs2)C(=O)O1. The summed E-state index contributed by atoms with van der Waals surface area (Å²) in [6.07, 6.45) is 1.73. The number of ether oxygens (including phenoxy) is 1. The van der Waals surface area contributed by atoms with Crippen molar-refractivity contribution in [1.29, 1.82) is 0 Å². The van der Waals surface area contributed by atoms with Crippen molar-refractivity contribution in [2.24, 2.45) is 4.99 Å². The standard InChI is InChI=1S/C9H7NO2S/c1-6-10-8(9(11)12-6)5-7-3-2-4-13-7/h2-5H,1H3. The molecule has 0 saturated heterocycles. The Hall–Kier alpha value is -1.42. The number of carbonyl (C=O) groups is 1. The van der Waals surface area contributed by atoms with Gasteiger partial charge in [-0.15, -0.1) is 11.3 Å². The largest absolute Gasteiger partial charge is 0.407 e. The van der Waals surface area contributed by atoms with Crippen molar-refractivity contribution in [3.05, 3.63) is 28.1 Å². The van der Waals surface area contributed by atoms with Gasteiger partial charge in [0.1, 0.15) is 0 Å².